The predicted octanol–water partition coefficient (Wildman–Crippen LogP) is 3.40. The van der Waals surface area contributed by atoms with Crippen LogP contribution in [-0.4, -0.2) is 11.0 Å². The van der Waals surface area contributed by atoms with Crippen molar-refractivity contribution < 1.29 is 4.79 Å². The van der Waals surface area contributed by atoms with Crippen LogP contribution in [0.3, 0.4) is 0 Å². The van der Waals surface area contributed by atoms with Gasteiger partial charge in [0.2, 0.25) is 0 Å². The molecular weight excluding hydrogens is 276 g/mol. The molecule has 0 radical (unpaired) electrons. The number of hydrogen-bond donors (Lipinski definition) is 3. The normalized spacial score (nSPS) is 11.8. The first-order valence-corrected chi connectivity index (χ1v) is 6.47. The van der Waals surface area contributed by atoms with Gasteiger partial charge in [-0.1, -0.05) is 23.7 Å². The van der Waals surface area contributed by atoms with E-state index >= 15 is 0 Å². The first-order chi connectivity index (χ1) is 9.54. The van der Waals surface area contributed by atoms with Gasteiger partial charge in [-0.15, -0.1) is 0 Å². The molecule has 0 saturated heterocycles. The van der Waals surface area contributed by atoms with Gasteiger partial charge in [0, 0.05) is 17.9 Å². The highest BCUT2D eigenvalue weighted by atomic mass is 35.5. The number of nitrogens with zero attached hydrogens (tertiary/aromatic N) is 1. The zero-order valence-corrected chi connectivity index (χ0v) is 11.7. The first kappa shape index (κ1) is 14.3. The van der Waals surface area contributed by atoms with E-state index in [9.17, 15) is 4.79 Å². The molecule has 2 rings (SSSR count). The zero-order valence-electron chi connectivity index (χ0n) is 10.9. The Bertz CT molecular complexity index is 581. The maximum atomic E-state index is 11.8. The monoisotopic (exact) mass is 290 g/mol. The summed E-state index contributed by atoms with van der Waals surface area (Å²) in [5.74, 6) is 0.430. The fraction of sp³-hybridized carbons (Fsp3) is 0.143. The van der Waals surface area contributed by atoms with Gasteiger partial charge in [0.15, 0.2) is 0 Å². The quantitative estimate of drug-likeness (QED) is 0.810. The van der Waals surface area contributed by atoms with E-state index in [1.54, 1.807) is 24.3 Å². The summed E-state index contributed by atoms with van der Waals surface area (Å²) in [5.41, 5.74) is 7.45. The fourth-order valence-corrected chi connectivity index (χ4v) is 1.71. The van der Waals surface area contributed by atoms with E-state index in [2.05, 4.69) is 15.6 Å². The van der Waals surface area contributed by atoms with E-state index in [1.165, 1.54) is 6.20 Å². The smallest absolute Gasteiger partial charge is 0.324 e. The molecule has 0 aliphatic rings. The Balaban J connectivity index is 1.95. The second kappa shape index (κ2) is 6.36. The third-order valence-corrected chi connectivity index (χ3v) is 2.89. The number of rotatable bonds is 3. The lowest BCUT2D eigenvalue weighted by Gasteiger charge is -2.09. The maximum absolute atomic E-state index is 11.8. The average Bonchev–Trinajstić information content (AvgIpc) is 2.42. The second-order valence-electron chi connectivity index (χ2n) is 4.35. The number of amides is 2. The minimum absolute atomic E-state index is 0.0313. The second-order valence-corrected chi connectivity index (χ2v) is 4.79. The van der Waals surface area contributed by atoms with Crippen molar-refractivity contribution in [3.8, 4) is 0 Å². The van der Waals surface area contributed by atoms with Gasteiger partial charge in [-0.25, -0.2) is 9.78 Å². The number of carbonyl (C=O) groups is 1. The number of nitrogens with two attached hydrogens (primary N) is 1. The van der Waals surface area contributed by atoms with Crippen molar-refractivity contribution >= 4 is 29.1 Å². The fourth-order valence-electron chi connectivity index (χ4n) is 1.60. The van der Waals surface area contributed by atoms with Crippen LogP contribution in [0.1, 0.15) is 18.5 Å². The Kier molecular flexibility index (Phi) is 4.55. The Morgan fingerprint density at radius 3 is 2.45 bits per heavy atom. The zero-order chi connectivity index (χ0) is 14.5. The molecule has 4 N–H and O–H groups in total. The lowest BCUT2D eigenvalue weighted by Crippen LogP contribution is -2.20. The lowest BCUT2D eigenvalue weighted by molar-refractivity contribution is 0.262. The Morgan fingerprint density at radius 1 is 1.20 bits per heavy atom. The van der Waals surface area contributed by atoms with Crippen molar-refractivity contribution in [3.63, 3.8) is 0 Å². The molecule has 1 heterocycles. The van der Waals surface area contributed by atoms with Crippen molar-refractivity contribution in [1.29, 1.82) is 0 Å². The SMILES string of the molecule is CC(N)c1ccc(NC(=O)Nc2ccc(Cl)cn2)cc1. The van der Waals surface area contributed by atoms with E-state index in [0.29, 0.717) is 16.5 Å². The molecule has 2 aromatic rings. The Morgan fingerprint density at radius 2 is 1.90 bits per heavy atom. The highest BCUT2D eigenvalue weighted by molar-refractivity contribution is 6.30. The molecule has 5 nitrogen and oxygen atoms in total. The minimum Gasteiger partial charge on any atom is -0.324 e. The van der Waals surface area contributed by atoms with Crippen LogP contribution >= 0.6 is 11.6 Å². The highest BCUT2D eigenvalue weighted by Crippen LogP contribution is 2.15. The lowest BCUT2D eigenvalue weighted by atomic mass is 10.1. The molecule has 1 atom stereocenters. The molecular formula is C14H15ClN4O. The molecule has 0 spiro atoms. The van der Waals surface area contributed by atoms with Gasteiger partial charge < -0.3 is 11.1 Å². The summed E-state index contributed by atoms with van der Waals surface area (Å²) >= 11 is 5.72. The summed E-state index contributed by atoms with van der Waals surface area (Å²) < 4.78 is 0. The summed E-state index contributed by atoms with van der Waals surface area (Å²) in [6, 6.07) is 10.2. The number of anilines is 2. The van der Waals surface area contributed by atoms with Crippen LogP contribution in [0.5, 0.6) is 0 Å². The topological polar surface area (TPSA) is 80.0 Å². The number of carbonyl (C=O) groups excluding carboxylic acids is 1. The largest absolute Gasteiger partial charge is 0.324 e. The van der Waals surface area contributed by atoms with Crippen molar-refractivity contribution in [2.24, 2.45) is 5.73 Å². The van der Waals surface area contributed by atoms with E-state index in [-0.39, 0.29) is 12.1 Å². The van der Waals surface area contributed by atoms with E-state index in [1.807, 2.05) is 19.1 Å². The summed E-state index contributed by atoms with van der Waals surface area (Å²) in [7, 11) is 0. The third kappa shape index (κ3) is 3.94. The van der Waals surface area contributed by atoms with E-state index in [0.717, 1.165) is 5.56 Å². The van der Waals surface area contributed by atoms with E-state index < -0.39 is 0 Å². The van der Waals surface area contributed by atoms with Crippen LogP contribution in [0.4, 0.5) is 16.3 Å². The summed E-state index contributed by atoms with van der Waals surface area (Å²) in [5, 5.41) is 5.83. The number of hydrogen-bond acceptors (Lipinski definition) is 3. The van der Waals surface area contributed by atoms with Gasteiger partial charge in [-0.05, 0) is 36.8 Å². The molecule has 0 bridgehead atoms. The number of aromatic nitrogens is 1. The average molecular weight is 291 g/mol. The van der Waals surface area contributed by atoms with Crippen LogP contribution in [-0.2, 0) is 0 Å². The number of halogens is 1. The minimum atomic E-state index is -0.367. The predicted molar refractivity (Wildman–Crippen MR) is 80.9 cm³/mol. The van der Waals surface area contributed by atoms with Gasteiger partial charge in [-0.2, -0.15) is 0 Å². The van der Waals surface area contributed by atoms with Gasteiger partial charge in [0.25, 0.3) is 0 Å². The summed E-state index contributed by atoms with van der Waals surface area (Å²) in [4.78, 5) is 15.7. The van der Waals surface area contributed by atoms with Crippen LogP contribution in [0.25, 0.3) is 0 Å². The Hall–Kier alpha value is -2.11. The molecule has 6 heteroatoms. The number of nitrogens with one attached hydrogen (secondary N) is 2. The standard InChI is InChI=1S/C14H15ClN4O/c1-9(16)10-2-5-12(6-3-10)18-14(20)19-13-7-4-11(15)8-17-13/h2-9H,16H2,1H3,(H2,17,18,19,20). The third-order valence-electron chi connectivity index (χ3n) is 2.66. The van der Waals surface area contributed by atoms with Crippen LogP contribution in [0.2, 0.25) is 5.02 Å². The number of benzene rings is 1. The highest BCUT2D eigenvalue weighted by Gasteiger charge is 2.04. The van der Waals surface area contributed by atoms with Gasteiger partial charge in [-0.3, -0.25) is 5.32 Å². The first-order valence-electron chi connectivity index (χ1n) is 6.09. The van der Waals surface area contributed by atoms with Crippen molar-refractivity contribution in [1.82, 2.24) is 4.98 Å². The van der Waals surface area contributed by atoms with Gasteiger partial charge in [0.05, 0.1) is 5.02 Å². The van der Waals surface area contributed by atoms with Crippen molar-refractivity contribution in [2.75, 3.05) is 10.6 Å². The molecule has 0 saturated carbocycles. The van der Waals surface area contributed by atoms with Crippen molar-refractivity contribution in [2.45, 2.75) is 13.0 Å². The molecule has 20 heavy (non-hydrogen) atoms. The molecule has 2 amide bonds. The molecule has 1 aromatic heterocycles. The summed E-state index contributed by atoms with van der Waals surface area (Å²) in [6.07, 6.45) is 1.47. The molecule has 104 valence electrons. The summed E-state index contributed by atoms with van der Waals surface area (Å²) in [6.45, 7) is 1.90. The maximum Gasteiger partial charge on any atom is 0.324 e. The van der Waals surface area contributed by atoms with Gasteiger partial charge in [0.1, 0.15) is 5.82 Å². The molecule has 1 unspecified atom stereocenters. The molecule has 1 aromatic carbocycles. The van der Waals surface area contributed by atoms with Crippen LogP contribution in [0, 0.1) is 0 Å². The van der Waals surface area contributed by atoms with Crippen molar-refractivity contribution in [3.05, 3.63) is 53.2 Å². The van der Waals surface area contributed by atoms with Gasteiger partial charge >= 0.3 is 6.03 Å². The Labute approximate surface area is 122 Å². The molecule has 0 aliphatic carbocycles. The van der Waals surface area contributed by atoms with Crippen LogP contribution in [0.15, 0.2) is 42.6 Å². The van der Waals surface area contributed by atoms with E-state index in [4.69, 9.17) is 17.3 Å². The molecule has 0 fully saturated rings. The van der Waals surface area contributed by atoms with Crippen LogP contribution < -0.4 is 16.4 Å². The molecule has 0 aliphatic heterocycles. The number of pyridine rings is 1. The number of urea groups is 1.